The fraction of sp³-hybridized carbons (Fsp3) is 0.0118. The van der Waals surface area contributed by atoms with Gasteiger partial charge in [0, 0.05) is 32.9 Å². The van der Waals surface area contributed by atoms with Crippen molar-refractivity contribution in [3.05, 3.63) is 360 Å². The number of fused-ring (bicyclic) bond motifs is 11. The molecular weight excluding hydrogens is 1050 g/mol. The SMILES string of the molecule is C(=Cc1ccc2c(c1)C(c1ccccc1)(c1ccccc1)c1cc(C=Cc3ccc(-c4ccc5c(c4)c4ccccc4n5-c4ccc5ccccc5c4)cc3)ccc1-2)c1ccc(-c2ccc3c(c2)c2ccccc2n3-c2ccc3ccccc3c2)cc1. The monoisotopic (exact) mass is 1100 g/mol. The molecule has 17 rings (SSSR count). The lowest BCUT2D eigenvalue weighted by molar-refractivity contribution is 0.768. The van der Waals surface area contributed by atoms with Gasteiger partial charge < -0.3 is 9.13 Å². The first-order chi connectivity index (χ1) is 43.1. The average Bonchev–Trinajstić information content (AvgIpc) is 1.59. The van der Waals surface area contributed by atoms with Crippen molar-refractivity contribution in [1.29, 1.82) is 0 Å². The van der Waals surface area contributed by atoms with Crippen molar-refractivity contribution in [2.24, 2.45) is 0 Å². The van der Waals surface area contributed by atoms with Crippen LogP contribution >= 0.6 is 0 Å². The Morgan fingerprint density at radius 3 is 1.03 bits per heavy atom. The molecule has 0 fully saturated rings. The third-order valence-corrected chi connectivity index (χ3v) is 18.4. The van der Waals surface area contributed by atoms with Gasteiger partial charge in [-0.25, -0.2) is 0 Å². The summed E-state index contributed by atoms with van der Waals surface area (Å²) in [4.78, 5) is 0. The summed E-state index contributed by atoms with van der Waals surface area (Å²) < 4.78 is 4.81. The van der Waals surface area contributed by atoms with E-state index in [4.69, 9.17) is 0 Å². The minimum absolute atomic E-state index is 0.546. The smallest absolute Gasteiger partial charge is 0.0713 e. The molecule has 0 radical (unpaired) electrons. The van der Waals surface area contributed by atoms with Gasteiger partial charge in [0.2, 0.25) is 0 Å². The molecule has 0 unspecified atom stereocenters. The van der Waals surface area contributed by atoms with Crippen LogP contribution in [0.1, 0.15) is 44.5 Å². The average molecular weight is 1110 g/mol. The molecule has 2 heterocycles. The molecule has 14 aromatic carbocycles. The zero-order chi connectivity index (χ0) is 57.4. The van der Waals surface area contributed by atoms with Gasteiger partial charge in [0.25, 0.3) is 0 Å². The lowest BCUT2D eigenvalue weighted by Crippen LogP contribution is -2.28. The van der Waals surface area contributed by atoms with Gasteiger partial charge in [-0.15, -0.1) is 0 Å². The highest BCUT2D eigenvalue weighted by Crippen LogP contribution is 2.57. The highest BCUT2D eigenvalue weighted by atomic mass is 15.0. The van der Waals surface area contributed by atoms with Crippen LogP contribution in [0.4, 0.5) is 0 Å². The number of para-hydroxylation sites is 2. The third kappa shape index (κ3) is 8.40. The molecule has 1 aliphatic rings. The highest BCUT2D eigenvalue weighted by molar-refractivity contribution is 6.12. The number of hydrogen-bond acceptors (Lipinski definition) is 0. The predicted octanol–water partition coefficient (Wildman–Crippen LogP) is 22.2. The van der Waals surface area contributed by atoms with Crippen LogP contribution in [0.25, 0.3) is 134 Å². The van der Waals surface area contributed by atoms with Crippen molar-refractivity contribution in [3.8, 4) is 44.8 Å². The largest absolute Gasteiger partial charge is 0.309 e. The minimum atomic E-state index is -0.546. The van der Waals surface area contributed by atoms with Crippen LogP contribution in [0, 0.1) is 0 Å². The van der Waals surface area contributed by atoms with E-state index in [1.807, 2.05) is 0 Å². The number of rotatable bonds is 10. The van der Waals surface area contributed by atoms with E-state index in [9.17, 15) is 0 Å². The molecule has 0 spiro atoms. The number of hydrogen-bond donors (Lipinski definition) is 0. The van der Waals surface area contributed by atoms with E-state index in [2.05, 4.69) is 349 Å². The number of nitrogens with zero attached hydrogens (tertiary/aromatic N) is 2. The second kappa shape index (κ2) is 20.5. The molecule has 0 atom stereocenters. The van der Waals surface area contributed by atoms with Crippen molar-refractivity contribution in [2.75, 3.05) is 0 Å². The Kier molecular flexibility index (Phi) is 11.8. The van der Waals surface area contributed by atoms with Crippen LogP contribution in [0.15, 0.2) is 315 Å². The van der Waals surface area contributed by atoms with Crippen LogP contribution in [-0.4, -0.2) is 9.13 Å². The lowest BCUT2D eigenvalue weighted by Gasteiger charge is -2.34. The quantitative estimate of drug-likeness (QED) is 0.121. The summed E-state index contributed by atoms with van der Waals surface area (Å²) in [6.07, 6.45) is 9.05. The van der Waals surface area contributed by atoms with Crippen molar-refractivity contribution in [1.82, 2.24) is 9.13 Å². The normalized spacial score (nSPS) is 12.8. The molecule has 0 bridgehead atoms. The molecule has 0 saturated heterocycles. The van der Waals surface area contributed by atoms with Crippen molar-refractivity contribution in [3.63, 3.8) is 0 Å². The maximum absolute atomic E-state index is 2.43. The van der Waals surface area contributed by atoms with E-state index in [0.29, 0.717) is 0 Å². The van der Waals surface area contributed by atoms with Gasteiger partial charge >= 0.3 is 0 Å². The Bertz CT molecular complexity index is 5080. The molecule has 406 valence electrons. The molecule has 87 heavy (non-hydrogen) atoms. The van der Waals surface area contributed by atoms with E-state index in [1.54, 1.807) is 0 Å². The molecule has 0 N–H and O–H groups in total. The molecule has 0 aliphatic heterocycles. The molecule has 2 nitrogen and oxygen atoms in total. The first-order valence-corrected chi connectivity index (χ1v) is 30.1. The van der Waals surface area contributed by atoms with Crippen LogP contribution < -0.4 is 0 Å². The minimum Gasteiger partial charge on any atom is -0.309 e. The predicted molar refractivity (Wildman–Crippen MR) is 369 cm³/mol. The van der Waals surface area contributed by atoms with Gasteiger partial charge in [-0.1, -0.05) is 267 Å². The standard InChI is InChI=1S/C85H56N2/c1-3-19-69(20-4-1)85(70-21-5-2-6-22-70)79-51-59(29-27-57-31-37-63(38-32-57)67-43-49-83-77(55-67)75-23-11-13-25-81(75)86(83)71-45-41-61-15-7-9-17-65(61)53-71)35-47-73(79)74-48-36-60(52-80(74)85)30-28-58-33-39-64(40-34-58)68-44-50-84-78(56-68)76-24-12-14-26-82(76)87(84)72-46-42-62-16-8-10-18-66(62)54-72/h1-56H. The van der Waals surface area contributed by atoms with Crippen molar-refractivity contribution in [2.45, 2.75) is 5.41 Å². The Hall–Kier alpha value is -11.3. The van der Waals surface area contributed by atoms with E-state index in [-0.39, 0.29) is 0 Å². The molecule has 0 saturated carbocycles. The van der Waals surface area contributed by atoms with Gasteiger partial charge in [-0.3, -0.25) is 0 Å². The Labute approximate surface area is 505 Å². The second-order valence-corrected chi connectivity index (χ2v) is 23.2. The third-order valence-electron chi connectivity index (χ3n) is 18.4. The Morgan fingerprint density at radius 1 is 0.230 bits per heavy atom. The van der Waals surface area contributed by atoms with Gasteiger partial charge in [-0.05, 0) is 172 Å². The fourth-order valence-electron chi connectivity index (χ4n) is 14.2. The summed E-state index contributed by atoms with van der Waals surface area (Å²) in [6, 6.07) is 116. The molecule has 0 amide bonds. The molecule has 2 heteroatoms. The first-order valence-electron chi connectivity index (χ1n) is 30.1. The van der Waals surface area contributed by atoms with Crippen LogP contribution in [0.3, 0.4) is 0 Å². The summed E-state index contributed by atoms with van der Waals surface area (Å²) in [6.45, 7) is 0. The van der Waals surface area contributed by atoms with Crippen molar-refractivity contribution >= 4 is 89.5 Å². The second-order valence-electron chi connectivity index (χ2n) is 23.2. The van der Waals surface area contributed by atoms with E-state index < -0.39 is 5.41 Å². The van der Waals surface area contributed by atoms with E-state index >= 15 is 0 Å². The van der Waals surface area contributed by atoms with Gasteiger partial charge in [0.05, 0.1) is 27.5 Å². The summed E-state index contributed by atoms with van der Waals surface area (Å²) in [5.74, 6) is 0. The Balaban J connectivity index is 0.669. The summed E-state index contributed by atoms with van der Waals surface area (Å²) in [7, 11) is 0. The lowest BCUT2D eigenvalue weighted by atomic mass is 9.67. The topological polar surface area (TPSA) is 9.86 Å². The summed E-state index contributed by atoms with van der Waals surface area (Å²) in [5.41, 5.74) is 23.6. The molecule has 16 aromatic rings. The molecule has 2 aromatic heterocycles. The first kappa shape index (κ1) is 50.2. The van der Waals surface area contributed by atoms with Crippen LogP contribution in [0.2, 0.25) is 0 Å². The summed E-state index contributed by atoms with van der Waals surface area (Å²) >= 11 is 0. The van der Waals surface area contributed by atoms with Gasteiger partial charge in [0.15, 0.2) is 0 Å². The molecule has 1 aliphatic carbocycles. The fourth-order valence-corrected chi connectivity index (χ4v) is 14.2. The number of aromatic nitrogens is 2. The van der Waals surface area contributed by atoms with Crippen LogP contribution in [0.5, 0.6) is 0 Å². The summed E-state index contributed by atoms with van der Waals surface area (Å²) in [5, 5.41) is 9.98. The Morgan fingerprint density at radius 2 is 0.586 bits per heavy atom. The maximum atomic E-state index is 2.43. The van der Waals surface area contributed by atoms with Gasteiger partial charge in [-0.2, -0.15) is 0 Å². The van der Waals surface area contributed by atoms with Crippen molar-refractivity contribution < 1.29 is 0 Å². The van der Waals surface area contributed by atoms with Crippen LogP contribution in [-0.2, 0) is 5.41 Å². The van der Waals surface area contributed by atoms with E-state index in [0.717, 1.165) is 22.3 Å². The molecular formula is C85H56N2. The highest BCUT2D eigenvalue weighted by Gasteiger charge is 2.46. The maximum Gasteiger partial charge on any atom is 0.0713 e. The van der Waals surface area contributed by atoms with E-state index in [1.165, 1.54) is 132 Å². The zero-order valence-corrected chi connectivity index (χ0v) is 47.7. The van der Waals surface area contributed by atoms with Gasteiger partial charge in [0.1, 0.15) is 0 Å². The zero-order valence-electron chi connectivity index (χ0n) is 47.7. The number of benzene rings is 14.